The lowest BCUT2D eigenvalue weighted by molar-refractivity contribution is -0.128. The second-order valence-corrected chi connectivity index (χ2v) is 10.7. The minimum atomic E-state index is 0.0107. The van der Waals surface area contributed by atoms with E-state index in [1.54, 1.807) is 6.20 Å². The first kappa shape index (κ1) is 24.9. The van der Waals surface area contributed by atoms with Crippen molar-refractivity contribution >= 4 is 11.8 Å². The molecule has 4 heterocycles. The van der Waals surface area contributed by atoms with E-state index in [-0.39, 0.29) is 23.8 Å². The molecule has 3 atom stereocenters. The summed E-state index contributed by atoms with van der Waals surface area (Å²) in [5.41, 5.74) is 3.74. The number of pyridine rings is 1. The van der Waals surface area contributed by atoms with Crippen LogP contribution in [0.5, 0.6) is 0 Å². The number of amides is 2. The van der Waals surface area contributed by atoms with Crippen molar-refractivity contribution in [1.82, 2.24) is 20.1 Å². The maximum absolute atomic E-state index is 13.2. The minimum absolute atomic E-state index is 0.0107. The Bertz CT molecular complexity index is 1040. The molecule has 1 N–H and O–H groups in total. The van der Waals surface area contributed by atoms with Gasteiger partial charge >= 0.3 is 0 Å². The van der Waals surface area contributed by atoms with Crippen molar-refractivity contribution in [3.63, 3.8) is 0 Å². The van der Waals surface area contributed by atoms with E-state index in [1.165, 1.54) is 0 Å². The summed E-state index contributed by atoms with van der Waals surface area (Å²) in [4.78, 5) is 35.1. The number of carbonyl (C=O) groups is 2. The Morgan fingerprint density at radius 2 is 1.72 bits per heavy atom. The van der Waals surface area contributed by atoms with Crippen molar-refractivity contribution < 1.29 is 14.3 Å². The summed E-state index contributed by atoms with van der Waals surface area (Å²) < 4.78 is 5.44. The van der Waals surface area contributed by atoms with Gasteiger partial charge in [-0.15, -0.1) is 0 Å². The Balaban J connectivity index is 1.16. The number of carbonyl (C=O) groups excluding carboxylic acids is 2. The maximum atomic E-state index is 13.2. The number of likely N-dealkylation sites (tertiary alicyclic amines) is 2. The summed E-state index contributed by atoms with van der Waals surface area (Å²) >= 11 is 0. The molecule has 3 saturated heterocycles. The topological polar surface area (TPSA) is 74.8 Å². The minimum Gasteiger partial charge on any atom is -0.381 e. The molecule has 36 heavy (non-hydrogen) atoms. The maximum Gasteiger partial charge on any atom is 0.255 e. The number of hydrogen-bond acceptors (Lipinski definition) is 5. The number of nitrogens with zero attached hydrogens (tertiary/aromatic N) is 3. The van der Waals surface area contributed by atoms with Gasteiger partial charge in [0.05, 0.1) is 17.3 Å². The van der Waals surface area contributed by atoms with Crippen molar-refractivity contribution in [3.8, 4) is 0 Å². The standard InChI is InChI=1S/C29H38N4O3/c1-20-8-12-30-21(2)27(20)29(35)33-18-24-16-32(17-25(24)19-33)13-9-26(22-6-4-3-5-7-22)31-28(34)23-10-14-36-15-11-23/h3-8,12,23-26H,9-11,13-19H2,1-2H3,(H,31,34)/t24?,25?,26-/m0/s1. The first-order valence-electron chi connectivity index (χ1n) is 13.4. The molecule has 1 aromatic carbocycles. The largest absolute Gasteiger partial charge is 0.381 e. The number of nitrogens with one attached hydrogen (secondary N) is 1. The molecule has 0 bridgehead atoms. The molecular formula is C29H38N4O3. The van der Waals surface area contributed by atoms with Gasteiger partial charge < -0.3 is 19.9 Å². The third-order valence-electron chi connectivity index (χ3n) is 8.26. The Hall–Kier alpha value is -2.77. The number of fused-ring (bicyclic) bond motifs is 1. The van der Waals surface area contributed by atoms with Crippen LogP contribution in [-0.4, -0.2) is 72.5 Å². The van der Waals surface area contributed by atoms with Gasteiger partial charge in [-0.05, 0) is 62.1 Å². The summed E-state index contributed by atoms with van der Waals surface area (Å²) in [7, 11) is 0. The average Bonchev–Trinajstić information content (AvgIpc) is 3.46. The van der Waals surface area contributed by atoms with E-state index >= 15 is 0 Å². The zero-order valence-electron chi connectivity index (χ0n) is 21.5. The van der Waals surface area contributed by atoms with Crippen molar-refractivity contribution in [2.45, 2.75) is 39.2 Å². The zero-order chi connectivity index (χ0) is 25.1. The van der Waals surface area contributed by atoms with Gasteiger partial charge in [-0.2, -0.15) is 0 Å². The number of hydrogen-bond donors (Lipinski definition) is 1. The lowest BCUT2D eigenvalue weighted by atomic mass is 9.97. The first-order valence-corrected chi connectivity index (χ1v) is 13.4. The number of aryl methyl sites for hydroxylation is 2. The number of aromatic nitrogens is 1. The van der Waals surface area contributed by atoms with E-state index in [0.717, 1.165) is 74.4 Å². The monoisotopic (exact) mass is 490 g/mol. The summed E-state index contributed by atoms with van der Waals surface area (Å²) in [6.45, 7) is 9.84. The van der Waals surface area contributed by atoms with Crippen molar-refractivity contribution in [1.29, 1.82) is 0 Å². The Labute approximate surface area is 214 Å². The molecular weight excluding hydrogens is 452 g/mol. The van der Waals surface area contributed by atoms with Crippen LogP contribution in [0.15, 0.2) is 42.6 Å². The van der Waals surface area contributed by atoms with Crippen LogP contribution in [0.3, 0.4) is 0 Å². The summed E-state index contributed by atoms with van der Waals surface area (Å²) in [6.07, 6.45) is 4.26. The van der Waals surface area contributed by atoms with E-state index in [4.69, 9.17) is 4.74 Å². The van der Waals surface area contributed by atoms with Crippen LogP contribution in [0.1, 0.15) is 52.5 Å². The summed E-state index contributed by atoms with van der Waals surface area (Å²) in [6, 6.07) is 12.3. The highest BCUT2D eigenvalue weighted by Gasteiger charge is 2.42. The van der Waals surface area contributed by atoms with Crippen molar-refractivity contribution in [2.75, 3.05) is 45.9 Å². The predicted molar refractivity (Wildman–Crippen MR) is 139 cm³/mol. The molecule has 192 valence electrons. The Kier molecular flexibility index (Phi) is 7.67. The highest BCUT2D eigenvalue weighted by molar-refractivity contribution is 5.96. The fourth-order valence-electron chi connectivity index (χ4n) is 6.18. The van der Waals surface area contributed by atoms with Gasteiger partial charge in [0.25, 0.3) is 5.91 Å². The number of rotatable bonds is 7. The predicted octanol–water partition coefficient (Wildman–Crippen LogP) is 3.38. The van der Waals surface area contributed by atoms with Gasteiger partial charge in [-0.1, -0.05) is 30.3 Å². The van der Waals surface area contributed by atoms with E-state index in [0.29, 0.717) is 25.0 Å². The van der Waals surface area contributed by atoms with Gasteiger partial charge in [0, 0.05) is 58.1 Å². The molecule has 3 aliphatic rings. The van der Waals surface area contributed by atoms with E-state index in [1.807, 2.05) is 43.0 Å². The lowest BCUT2D eigenvalue weighted by Crippen LogP contribution is -2.38. The summed E-state index contributed by atoms with van der Waals surface area (Å²) in [5, 5.41) is 3.35. The van der Waals surface area contributed by atoms with Gasteiger partial charge in [0.15, 0.2) is 0 Å². The van der Waals surface area contributed by atoms with Gasteiger partial charge in [-0.3, -0.25) is 14.6 Å². The van der Waals surface area contributed by atoms with Crippen molar-refractivity contribution in [2.24, 2.45) is 17.8 Å². The van der Waals surface area contributed by atoms with E-state index in [2.05, 4.69) is 27.3 Å². The van der Waals surface area contributed by atoms with Crippen LogP contribution in [0.25, 0.3) is 0 Å². The zero-order valence-corrected chi connectivity index (χ0v) is 21.5. The molecule has 3 aliphatic heterocycles. The number of benzene rings is 1. The normalized spacial score (nSPS) is 23.4. The molecule has 2 amide bonds. The average molecular weight is 491 g/mol. The van der Waals surface area contributed by atoms with Crippen LogP contribution in [-0.2, 0) is 9.53 Å². The molecule has 2 unspecified atom stereocenters. The van der Waals surface area contributed by atoms with Gasteiger partial charge in [0.1, 0.15) is 0 Å². The van der Waals surface area contributed by atoms with Gasteiger partial charge in [-0.25, -0.2) is 0 Å². The van der Waals surface area contributed by atoms with E-state index in [9.17, 15) is 9.59 Å². The van der Waals surface area contributed by atoms with E-state index < -0.39 is 0 Å². The van der Waals surface area contributed by atoms with Crippen LogP contribution < -0.4 is 5.32 Å². The highest BCUT2D eigenvalue weighted by atomic mass is 16.5. The van der Waals surface area contributed by atoms with Crippen LogP contribution in [0.4, 0.5) is 0 Å². The number of ether oxygens (including phenoxy) is 1. The highest BCUT2D eigenvalue weighted by Crippen LogP contribution is 2.33. The fraction of sp³-hybridized carbons (Fsp3) is 0.552. The van der Waals surface area contributed by atoms with Crippen LogP contribution >= 0.6 is 0 Å². The molecule has 5 rings (SSSR count). The van der Waals surface area contributed by atoms with Crippen LogP contribution in [0, 0.1) is 31.6 Å². The smallest absolute Gasteiger partial charge is 0.255 e. The molecule has 0 spiro atoms. The molecule has 7 nitrogen and oxygen atoms in total. The molecule has 2 aromatic rings. The second-order valence-electron chi connectivity index (χ2n) is 10.7. The SMILES string of the molecule is Cc1ccnc(C)c1C(=O)N1CC2CN(CC[C@H](NC(=O)C3CCOCC3)c3ccccc3)CC2C1. The lowest BCUT2D eigenvalue weighted by Gasteiger charge is -2.27. The first-order chi connectivity index (χ1) is 17.5. The molecule has 0 aliphatic carbocycles. The van der Waals surface area contributed by atoms with Gasteiger partial charge in [0.2, 0.25) is 5.91 Å². The third-order valence-corrected chi connectivity index (χ3v) is 8.26. The molecule has 0 saturated carbocycles. The molecule has 0 radical (unpaired) electrons. The molecule has 3 fully saturated rings. The molecule has 1 aromatic heterocycles. The fourth-order valence-corrected chi connectivity index (χ4v) is 6.18. The van der Waals surface area contributed by atoms with Crippen LogP contribution in [0.2, 0.25) is 0 Å². The van der Waals surface area contributed by atoms with Crippen molar-refractivity contribution in [3.05, 3.63) is 65.0 Å². The quantitative estimate of drug-likeness (QED) is 0.644. The molecule has 7 heteroatoms. The Morgan fingerprint density at radius 1 is 1.03 bits per heavy atom. The summed E-state index contributed by atoms with van der Waals surface area (Å²) in [5.74, 6) is 1.35. The Morgan fingerprint density at radius 3 is 2.39 bits per heavy atom. The third kappa shape index (κ3) is 5.47. The second kappa shape index (κ2) is 11.1.